The van der Waals surface area contributed by atoms with Gasteiger partial charge in [0.1, 0.15) is 0 Å². The van der Waals surface area contributed by atoms with Crippen LogP contribution in [0.1, 0.15) is 110 Å². The number of rotatable bonds is 18. The lowest BCUT2D eigenvalue weighted by Gasteiger charge is -2.11. The molecule has 0 spiro atoms. The van der Waals surface area contributed by atoms with Gasteiger partial charge in [0, 0.05) is 12.8 Å². The van der Waals surface area contributed by atoms with E-state index in [9.17, 15) is 9.59 Å². The van der Waals surface area contributed by atoms with E-state index in [1.807, 2.05) is 0 Å². The number of hydrogen-bond acceptors (Lipinski definition) is 2. The maximum atomic E-state index is 10.7. The number of carbonyl (C=O) groups is 2. The van der Waals surface area contributed by atoms with Crippen LogP contribution < -0.4 is 0 Å². The van der Waals surface area contributed by atoms with Crippen LogP contribution in [0.3, 0.4) is 0 Å². The fourth-order valence-electron chi connectivity index (χ4n) is 3.22. The summed E-state index contributed by atoms with van der Waals surface area (Å²) in [5, 5.41) is 17.6. The Hall–Kier alpha value is -1.06. The van der Waals surface area contributed by atoms with Gasteiger partial charge >= 0.3 is 11.9 Å². The van der Waals surface area contributed by atoms with E-state index < -0.39 is 11.9 Å². The van der Waals surface area contributed by atoms with Crippen LogP contribution in [0.4, 0.5) is 0 Å². The predicted octanol–water partition coefficient (Wildman–Crippen LogP) is 6.03. The Labute approximate surface area is 148 Å². The first kappa shape index (κ1) is 22.9. The SMILES string of the molecule is CCCCCCCCCCCCCCCC(CC(=O)O)CC(=O)O. The van der Waals surface area contributed by atoms with Gasteiger partial charge in [-0.15, -0.1) is 0 Å². The van der Waals surface area contributed by atoms with E-state index in [-0.39, 0.29) is 18.8 Å². The molecule has 0 fully saturated rings. The molecule has 0 rings (SSSR count). The van der Waals surface area contributed by atoms with Crippen LogP contribution in [0.2, 0.25) is 0 Å². The molecule has 24 heavy (non-hydrogen) atoms. The first-order valence-electron chi connectivity index (χ1n) is 9.99. The molecule has 2 N–H and O–H groups in total. The number of aliphatic carboxylic acids is 2. The lowest BCUT2D eigenvalue weighted by atomic mass is 9.94. The van der Waals surface area contributed by atoms with Crippen molar-refractivity contribution >= 4 is 11.9 Å². The number of carboxylic acid groups (broad SMARTS) is 2. The Bertz CT molecular complexity index is 299. The van der Waals surface area contributed by atoms with Gasteiger partial charge in [-0.25, -0.2) is 0 Å². The molecule has 0 aliphatic carbocycles. The monoisotopic (exact) mass is 342 g/mol. The minimum Gasteiger partial charge on any atom is -0.481 e. The highest BCUT2D eigenvalue weighted by Gasteiger charge is 2.16. The molecule has 0 aromatic heterocycles. The smallest absolute Gasteiger partial charge is 0.303 e. The van der Waals surface area contributed by atoms with E-state index in [0.717, 1.165) is 19.3 Å². The van der Waals surface area contributed by atoms with Crippen LogP contribution in [0, 0.1) is 5.92 Å². The van der Waals surface area contributed by atoms with E-state index in [0.29, 0.717) is 0 Å². The fourth-order valence-corrected chi connectivity index (χ4v) is 3.22. The molecular weight excluding hydrogens is 304 g/mol. The summed E-state index contributed by atoms with van der Waals surface area (Å²) in [6.45, 7) is 2.25. The first-order valence-corrected chi connectivity index (χ1v) is 9.99. The van der Waals surface area contributed by atoms with Crippen LogP contribution >= 0.6 is 0 Å². The molecular formula is C20H38O4. The van der Waals surface area contributed by atoms with Gasteiger partial charge in [-0.05, 0) is 12.3 Å². The number of hydrogen-bond donors (Lipinski definition) is 2. The van der Waals surface area contributed by atoms with Crippen molar-refractivity contribution in [3.8, 4) is 0 Å². The van der Waals surface area contributed by atoms with Gasteiger partial charge < -0.3 is 10.2 Å². The van der Waals surface area contributed by atoms with Gasteiger partial charge in [-0.1, -0.05) is 90.4 Å². The maximum absolute atomic E-state index is 10.7. The zero-order valence-electron chi connectivity index (χ0n) is 15.6. The lowest BCUT2D eigenvalue weighted by molar-refractivity contribution is -0.140. The standard InChI is InChI=1S/C20H38O4/c1-2-3-4-5-6-7-8-9-10-11-12-13-14-15-18(16-19(21)22)17-20(23)24/h18H,2-17H2,1H3,(H,21,22)(H,23,24). The van der Waals surface area contributed by atoms with E-state index in [4.69, 9.17) is 10.2 Å². The first-order chi connectivity index (χ1) is 11.6. The fraction of sp³-hybridized carbons (Fsp3) is 0.900. The minimum atomic E-state index is -0.893. The zero-order chi connectivity index (χ0) is 18.0. The molecule has 0 aliphatic heterocycles. The van der Waals surface area contributed by atoms with Gasteiger partial charge in [0.15, 0.2) is 0 Å². The van der Waals surface area contributed by atoms with E-state index in [2.05, 4.69) is 6.92 Å². The normalized spacial score (nSPS) is 11.1. The summed E-state index contributed by atoms with van der Waals surface area (Å²) in [5.41, 5.74) is 0. The van der Waals surface area contributed by atoms with Crippen molar-refractivity contribution in [2.45, 2.75) is 110 Å². The molecule has 0 aromatic carbocycles. The quantitative estimate of drug-likeness (QED) is 0.298. The van der Waals surface area contributed by atoms with Crippen molar-refractivity contribution in [1.82, 2.24) is 0 Å². The Balaban J connectivity index is 3.39. The van der Waals surface area contributed by atoms with E-state index in [1.165, 1.54) is 70.6 Å². The largest absolute Gasteiger partial charge is 0.481 e. The highest BCUT2D eigenvalue weighted by molar-refractivity contribution is 5.70. The van der Waals surface area contributed by atoms with Gasteiger partial charge in [-0.3, -0.25) is 9.59 Å². The summed E-state index contributed by atoms with van der Waals surface area (Å²) < 4.78 is 0. The van der Waals surface area contributed by atoms with Crippen molar-refractivity contribution in [1.29, 1.82) is 0 Å². The molecule has 0 aliphatic rings. The molecule has 0 radical (unpaired) electrons. The summed E-state index contributed by atoms with van der Waals surface area (Å²) in [4.78, 5) is 21.5. The third-order valence-corrected chi connectivity index (χ3v) is 4.64. The Morgan fingerprint density at radius 3 is 1.29 bits per heavy atom. The van der Waals surface area contributed by atoms with E-state index >= 15 is 0 Å². The second kappa shape index (κ2) is 16.8. The Kier molecular flexibility index (Phi) is 16.0. The third-order valence-electron chi connectivity index (χ3n) is 4.64. The average Bonchev–Trinajstić information content (AvgIpc) is 2.50. The molecule has 0 bridgehead atoms. The predicted molar refractivity (Wildman–Crippen MR) is 98.3 cm³/mol. The molecule has 4 nitrogen and oxygen atoms in total. The summed E-state index contributed by atoms with van der Waals surface area (Å²) in [7, 11) is 0. The Morgan fingerprint density at radius 1 is 0.625 bits per heavy atom. The molecule has 0 amide bonds. The minimum absolute atomic E-state index is 0.0233. The lowest BCUT2D eigenvalue weighted by Crippen LogP contribution is -2.12. The van der Waals surface area contributed by atoms with Crippen molar-refractivity contribution in [3.63, 3.8) is 0 Å². The molecule has 0 heterocycles. The maximum Gasteiger partial charge on any atom is 0.303 e. The molecule has 142 valence electrons. The summed E-state index contributed by atoms with van der Waals surface area (Å²) in [5.74, 6) is -2.00. The molecule has 0 saturated carbocycles. The Morgan fingerprint density at radius 2 is 0.958 bits per heavy atom. The van der Waals surface area contributed by atoms with E-state index in [1.54, 1.807) is 0 Å². The van der Waals surface area contributed by atoms with Crippen molar-refractivity contribution in [2.75, 3.05) is 0 Å². The highest BCUT2D eigenvalue weighted by Crippen LogP contribution is 2.19. The molecule has 0 aromatic rings. The molecule has 4 heteroatoms. The zero-order valence-corrected chi connectivity index (χ0v) is 15.6. The van der Waals surface area contributed by atoms with Crippen LogP contribution in [0.15, 0.2) is 0 Å². The third kappa shape index (κ3) is 17.3. The second-order valence-corrected chi connectivity index (χ2v) is 7.09. The summed E-state index contributed by atoms with van der Waals surface area (Å²) >= 11 is 0. The van der Waals surface area contributed by atoms with Gasteiger partial charge in [-0.2, -0.15) is 0 Å². The summed E-state index contributed by atoms with van der Waals surface area (Å²) in [6.07, 6.45) is 17.3. The second-order valence-electron chi connectivity index (χ2n) is 7.09. The molecule has 0 unspecified atom stereocenters. The van der Waals surface area contributed by atoms with Crippen LogP contribution in [-0.4, -0.2) is 22.2 Å². The highest BCUT2D eigenvalue weighted by atomic mass is 16.4. The van der Waals surface area contributed by atoms with Gasteiger partial charge in [0.25, 0.3) is 0 Å². The van der Waals surface area contributed by atoms with Gasteiger partial charge in [0.05, 0.1) is 0 Å². The van der Waals surface area contributed by atoms with Crippen LogP contribution in [-0.2, 0) is 9.59 Å². The number of unbranched alkanes of at least 4 members (excludes halogenated alkanes) is 12. The summed E-state index contributed by atoms with van der Waals surface area (Å²) in [6, 6.07) is 0. The number of carboxylic acids is 2. The van der Waals surface area contributed by atoms with Crippen molar-refractivity contribution in [2.24, 2.45) is 5.92 Å². The molecule has 0 atom stereocenters. The average molecular weight is 343 g/mol. The van der Waals surface area contributed by atoms with Crippen molar-refractivity contribution < 1.29 is 19.8 Å². The van der Waals surface area contributed by atoms with Crippen LogP contribution in [0.25, 0.3) is 0 Å². The van der Waals surface area contributed by atoms with Crippen molar-refractivity contribution in [3.05, 3.63) is 0 Å². The topological polar surface area (TPSA) is 74.6 Å². The van der Waals surface area contributed by atoms with Gasteiger partial charge in [0.2, 0.25) is 0 Å². The molecule has 0 saturated heterocycles. The van der Waals surface area contributed by atoms with Crippen LogP contribution in [0.5, 0.6) is 0 Å².